The van der Waals surface area contributed by atoms with Crippen LogP contribution in [0.15, 0.2) is 12.3 Å². The Kier molecular flexibility index (Phi) is 4.96. The maximum Gasteiger partial charge on any atom is 0.274 e. The van der Waals surface area contributed by atoms with E-state index in [-0.39, 0.29) is 11.9 Å². The summed E-state index contributed by atoms with van der Waals surface area (Å²) in [5, 5.41) is 12.9. The minimum absolute atomic E-state index is 0.126. The maximum atomic E-state index is 12.7. The molecule has 1 atom stereocenters. The first-order valence-electron chi connectivity index (χ1n) is 9.60. The number of carbonyl (C=O) groups excluding carboxylic acids is 1. The number of fused-ring (bicyclic) bond motifs is 1. The Labute approximate surface area is 164 Å². The van der Waals surface area contributed by atoms with E-state index in [0.29, 0.717) is 50.1 Å². The topological polar surface area (TPSA) is 106 Å². The van der Waals surface area contributed by atoms with E-state index in [0.717, 1.165) is 19.3 Å². The zero-order valence-electron chi connectivity index (χ0n) is 16.2. The van der Waals surface area contributed by atoms with Crippen molar-refractivity contribution in [3.63, 3.8) is 0 Å². The molecule has 0 radical (unpaired) electrons. The normalized spacial score (nSPS) is 20.9. The summed E-state index contributed by atoms with van der Waals surface area (Å²) in [6.07, 6.45) is 5.60. The molecule has 1 fully saturated rings. The average molecular weight is 408 g/mol. The van der Waals surface area contributed by atoms with Crippen LogP contribution in [0.25, 0.3) is 0 Å². The Morgan fingerprint density at radius 2 is 2.04 bits per heavy atom. The van der Waals surface area contributed by atoms with Crippen molar-refractivity contribution in [2.75, 3.05) is 19.3 Å². The van der Waals surface area contributed by atoms with Crippen molar-refractivity contribution in [1.29, 1.82) is 0 Å². The molecule has 2 aromatic heterocycles. The largest absolute Gasteiger partial charge is 0.328 e. The number of carbonyl (C=O) groups is 1. The van der Waals surface area contributed by atoms with Crippen molar-refractivity contribution in [2.24, 2.45) is 0 Å². The molecule has 152 valence electrons. The van der Waals surface area contributed by atoms with Gasteiger partial charge in [-0.1, -0.05) is 6.42 Å². The highest BCUT2D eigenvalue weighted by atomic mass is 32.2. The first-order chi connectivity index (χ1) is 13.4. The third-order valence-electron chi connectivity index (χ3n) is 5.43. The molecule has 0 spiro atoms. The van der Waals surface area contributed by atoms with Gasteiger partial charge in [0.25, 0.3) is 5.91 Å². The minimum atomic E-state index is -3.31. The lowest BCUT2D eigenvalue weighted by Gasteiger charge is -2.34. The standard InChI is InChI=1S/C17H25N7O3S/c1-3-22-9-7-13(20-22)17(25)21-10-11-23-15(12-21)18-19-16(23)14-6-4-5-8-24(14)28(2,26)27/h7,9,14H,3-6,8,10-12H2,1-2H3. The van der Waals surface area contributed by atoms with Crippen molar-refractivity contribution < 1.29 is 13.2 Å². The van der Waals surface area contributed by atoms with Crippen LogP contribution >= 0.6 is 0 Å². The summed E-state index contributed by atoms with van der Waals surface area (Å²) in [6.45, 7) is 4.60. The molecule has 1 unspecified atom stereocenters. The molecule has 2 aromatic rings. The van der Waals surface area contributed by atoms with Gasteiger partial charge in [0.1, 0.15) is 5.69 Å². The molecule has 4 heterocycles. The lowest BCUT2D eigenvalue weighted by atomic mass is 10.0. The first-order valence-corrected chi connectivity index (χ1v) is 11.4. The summed E-state index contributed by atoms with van der Waals surface area (Å²) in [5.74, 6) is 1.24. The van der Waals surface area contributed by atoms with Crippen molar-refractivity contribution in [3.05, 3.63) is 29.6 Å². The molecule has 2 aliphatic heterocycles. The number of amides is 1. The molecule has 0 saturated carbocycles. The molecule has 1 amide bonds. The summed E-state index contributed by atoms with van der Waals surface area (Å²) in [6, 6.07) is 1.44. The SMILES string of the molecule is CCn1ccc(C(=O)N2CCn3c(nnc3C3CCCCN3S(C)(=O)=O)C2)n1. The van der Waals surface area contributed by atoms with E-state index in [1.165, 1.54) is 10.6 Å². The maximum absolute atomic E-state index is 12.7. The molecule has 28 heavy (non-hydrogen) atoms. The van der Waals surface area contributed by atoms with Crippen LogP contribution in [0.3, 0.4) is 0 Å². The molecule has 2 aliphatic rings. The Balaban J connectivity index is 1.55. The zero-order chi connectivity index (χ0) is 19.9. The Bertz CT molecular complexity index is 981. The van der Waals surface area contributed by atoms with Gasteiger partial charge in [-0.2, -0.15) is 9.40 Å². The van der Waals surface area contributed by atoms with Crippen molar-refractivity contribution in [3.8, 4) is 0 Å². The van der Waals surface area contributed by atoms with Crippen LogP contribution < -0.4 is 0 Å². The molecule has 0 bridgehead atoms. The van der Waals surface area contributed by atoms with E-state index in [1.807, 2.05) is 11.5 Å². The van der Waals surface area contributed by atoms with Gasteiger partial charge >= 0.3 is 0 Å². The van der Waals surface area contributed by atoms with Crippen LogP contribution in [0.5, 0.6) is 0 Å². The lowest BCUT2D eigenvalue weighted by Crippen LogP contribution is -2.42. The van der Waals surface area contributed by atoms with E-state index in [2.05, 4.69) is 15.3 Å². The number of hydrogen-bond donors (Lipinski definition) is 0. The van der Waals surface area contributed by atoms with E-state index in [9.17, 15) is 13.2 Å². The highest BCUT2D eigenvalue weighted by Gasteiger charge is 2.36. The number of nitrogens with zero attached hydrogens (tertiary/aromatic N) is 7. The first kappa shape index (κ1) is 19.1. The molecule has 1 saturated heterocycles. The van der Waals surface area contributed by atoms with Gasteiger partial charge in [0, 0.05) is 32.4 Å². The molecule has 11 heteroatoms. The second-order valence-corrected chi connectivity index (χ2v) is 9.23. The summed E-state index contributed by atoms with van der Waals surface area (Å²) in [7, 11) is -3.31. The summed E-state index contributed by atoms with van der Waals surface area (Å²) in [4.78, 5) is 14.4. The second kappa shape index (κ2) is 7.28. The van der Waals surface area contributed by atoms with Crippen molar-refractivity contribution in [2.45, 2.75) is 51.9 Å². The van der Waals surface area contributed by atoms with Crippen LogP contribution in [-0.2, 0) is 29.7 Å². The van der Waals surface area contributed by atoms with Crippen LogP contribution in [0.4, 0.5) is 0 Å². The summed E-state index contributed by atoms with van der Waals surface area (Å²) < 4.78 is 29.6. The van der Waals surface area contributed by atoms with Gasteiger partial charge in [-0.05, 0) is 25.8 Å². The second-order valence-electron chi connectivity index (χ2n) is 7.29. The number of piperidine rings is 1. The summed E-state index contributed by atoms with van der Waals surface area (Å²) >= 11 is 0. The van der Waals surface area contributed by atoms with Crippen LogP contribution in [0.2, 0.25) is 0 Å². The van der Waals surface area contributed by atoms with Crippen molar-refractivity contribution in [1.82, 2.24) is 33.8 Å². The van der Waals surface area contributed by atoms with Gasteiger partial charge in [-0.25, -0.2) is 8.42 Å². The number of aromatic nitrogens is 5. The fraction of sp³-hybridized carbons (Fsp3) is 0.647. The highest BCUT2D eigenvalue weighted by Crippen LogP contribution is 2.33. The van der Waals surface area contributed by atoms with Crippen LogP contribution in [0.1, 0.15) is 54.4 Å². The summed E-state index contributed by atoms with van der Waals surface area (Å²) in [5.41, 5.74) is 0.422. The van der Waals surface area contributed by atoms with Gasteiger partial charge in [0.15, 0.2) is 11.6 Å². The molecular formula is C17H25N7O3S. The number of sulfonamides is 1. The molecule has 0 aliphatic carbocycles. The van der Waals surface area contributed by atoms with E-state index >= 15 is 0 Å². The Morgan fingerprint density at radius 1 is 1.21 bits per heavy atom. The third-order valence-corrected chi connectivity index (χ3v) is 6.72. The molecule has 10 nitrogen and oxygen atoms in total. The quantitative estimate of drug-likeness (QED) is 0.736. The number of aryl methyl sites for hydroxylation is 1. The predicted octanol–water partition coefficient (Wildman–Crippen LogP) is 0.637. The fourth-order valence-electron chi connectivity index (χ4n) is 3.97. The molecule has 4 rings (SSSR count). The molecular weight excluding hydrogens is 382 g/mol. The average Bonchev–Trinajstić information content (AvgIpc) is 3.33. The third kappa shape index (κ3) is 3.44. The van der Waals surface area contributed by atoms with E-state index in [1.54, 1.807) is 21.8 Å². The molecule has 0 N–H and O–H groups in total. The minimum Gasteiger partial charge on any atom is -0.328 e. The highest BCUT2D eigenvalue weighted by molar-refractivity contribution is 7.88. The zero-order valence-corrected chi connectivity index (χ0v) is 17.0. The number of rotatable bonds is 4. The Hall–Kier alpha value is -2.27. The van der Waals surface area contributed by atoms with Crippen molar-refractivity contribution >= 4 is 15.9 Å². The monoisotopic (exact) mass is 407 g/mol. The van der Waals surface area contributed by atoms with Gasteiger partial charge in [0.05, 0.1) is 18.8 Å². The number of hydrogen-bond acceptors (Lipinski definition) is 6. The van der Waals surface area contributed by atoms with E-state index < -0.39 is 10.0 Å². The predicted molar refractivity (Wildman–Crippen MR) is 101 cm³/mol. The van der Waals surface area contributed by atoms with E-state index in [4.69, 9.17) is 0 Å². The van der Waals surface area contributed by atoms with Gasteiger partial charge in [-0.15, -0.1) is 10.2 Å². The lowest BCUT2D eigenvalue weighted by molar-refractivity contribution is 0.0697. The van der Waals surface area contributed by atoms with Gasteiger partial charge < -0.3 is 9.47 Å². The van der Waals surface area contributed by atoms with Gasteiger partial charge in [-0.3, -0.25) is 9.48 Å². The molecule has 0 aromatic carbocycles. The van der Waals surface area contributed by atoms with Crippen LogP contribution in [-0.4, -0.2) is 67.4 Å². The Morgan fingerprint density at radius 3 is 2.75 bits per heavy atom. The fourth-order valence-corrected chi connectivity index (χ4v) is 5.10. The smallest absolute Gasteiger partial charge is 0.274 e. The van der Waals surface area contributed by atoms with Gasteiger partial charge in [0.2, 0.25) is 10.0 Å². The van der Waals surface area contributed by atoms with Crippen LogP contribution in [0, 0.1) is 0 Å².